The first-order chi connectivity index (χ1) is 12.6. The van der Waals surface area contributed by atoms with Gasteiger partial charge in [-0.3, -0.25) is 4.90 Å². The lowest BCUT2D eigenvalue weighted by molar-refractivity contribution is 0.0167. The first kappa shape index (κ1) is 18.3. The number of urea groups is 1. The molecule has 0 spiro atoms. The Morgan fingerprint density at radius 2 is 1.77 bits per heavy atom. The summed E-state index contributed by atoms with van der Waals surface area (Å²) in [5, 5.41) is 5.28. The van der Waals surface area contributed by atoms with Crippen LogP contribution in [-0.4, -0.2) is 43.8 Å². The lowest BCUT2D eigenvalue weighted by Gasteiger charge is -2.35. The summed E-state index contributed by atoms with van der Waals surface area (Å²) < 4.78 is 32.3. The Bertz CT molecular complexity index is 734. The molecule has 2 N–H and O–H groups in total. The smallest absolute Gasteiger partial charge is 0.319 e. The fourth-order valence-electron chi connectivity index (χ4n) is 2.95. The Morgan fingerprint density at radius 1 is 1.08 bits per heavy atom. The summed E-state index contributed by atoms with van der Waals surface area (Å²) in [6.07, 6.45) is 0. The second-order valence-electron chi connectivity index (χ2n) is 6.03. The molecule has 0 aromatic heterocycles. The highest BCUT2D eigenvalue weighted by atomic mass is 19.1. The topological polar surface area (TPSA) is 53.6 Å². The van der Waals surface area contributed by atoms with E-state index in [1.54, 1.807) is 24.3 Å². The van der Waals surface area contributed by atoms with Gasteiger partial charge in [0.15, 0.2) is 0 Å². The molecule has 2 aromatic carbocycles. The number of hydrogen-bond acceptors (Lipinski definition) is 3. The average Bonchev–Trinajstić information content (AvgIpc) is 2.66. The van der Waals surface area contributed by atoms with Gasteiger partial charge in [-0.2, -0.15) is 0 Å². The Labute approximate surface area is 151 Å². The van der Waals surface area contributed by atoms with Gasteiger partial charge < -0.3 is 15.4 Å². The molecule has 1 fully saturated rings. The third-order valence-corrected chi connectivity index (χ3v) is 4.32. The molecular weight excluding hydrogens is 340 g/mol. The molecule has 0 bridgehead atoms. The standard InChI is InChI=1S/C19H21F2N3O2/c20-15-7-5-14(6-8-15)18(24-9-11-26-12-10-24)13-22-19(25)23-17-4-2-1-3-16(17)21/h1-8,18H,9-13H2,(H2,22,23,25)/t18-/m0/s1. The predicted molar refractivity (Wildman–Crippen MR) is 95.0 cm³/mol. The van der Waals surface area contributed by atoms with Crippen molar-refractivity contribution in [2.75, 3.05) is 38.2 Å². The van der Waals surface area contributed by atoms with E-state index in [4.69, 9.17) is 4.74 Å². The van der Waals surface area contributed by atoms with Crippen LogP contribution in [-0.2, 0) is 4.74 Å². The van der Waals surface area contributed by atoms with Crippen LogP contribution in [0.25, 0.3) is 0 Å². The molecule has 1 saturated heterocycles. The summed E-state index contributed by atoms with van der Waals surface area (Å²) in [5.74, 6) is -0.800. The summed E-state index contributed by atoms with van der Waals surface area (Å²) in [5.41, 5.74) is 1.02. The molecule has 138 valence electrons. The molecule has 5 nitrogen and oxygen atoms in total. The summed E-state index contributed by atoms with van der Waals surface area (Å²) in [7, 11) is 0. The van der Waals surface area contributed by atoms with Crippen LogP contribution in [0.1, 0.15) is 11.6 Å². The molecule has 1 aliphatic heterocycles. The Kier molecular flexibility index (Phi) is 6.14. The lowest BCUT2D eigenvalue weighted by Crippen LogP contribution is -2.44. The number of morpholine rings is 1. The van der Waals surface area contributed by atoms with E-state index in [9.17, 15) is 13.6 Å². The number of hydrogen-bond donors (Lipinski definition) is 2. The van der Waals surface area contributed by atoms with E-state index in [-0.39, 0.29) is 17.5 Å². The lowest BCUT2D eigenvalue weighted by atomic mass is 10.0. The van der Waals surface area contributed by atoms with Gasteiger partial charge in [-0.1, -0.05) is 24.3 Å². The van der Waals surface area contributed by atoms with Crippen molar-refractivity contribution in [3.63, 3.8) is 0 Å². The average molecular weight is 361 g/mol. The zero-order valence-electron chi connectivity index (χ0n) is 14.3. The first-order valence-corrected chi connectivity index (χ1v) is 8.50. The van der Waals surface area contributed by atoms with Gasteiger partial charge in [-0.05, 0) is 29.8 Å². The molecule has 3 rings (SSSR count). The van der Waals surface area contributed by atoms with Gasteiger partial charge in [0.05, 0.1) is 24.9 Å². The number of anilines is 1. The quantitative estimate of drug-likeness (QED) is 0.860. The molecule has 1 atom stereocenters. The molecule has 2 aromatic rings. The number of nitrogens with zero attached hydrogens (tertiary/aromatic N) is 1. The number of carbonyl (C=O) groups is 1. The summed E-state index contributed by atoms with van der Waals surface area (Å²) in [4.78, 5) is 14.3. The summed E-state index contributed by atoms with van der Waals surface area (Å²) in [6, 6.07) is 11.6. The van der Waals surface area contributed by atoms with Gasteiger partial charge in [-0.25, -0.2) is 13.6 Å². The van der Waals surface area contributed by atoms with E-state index in [0.717, 1.165) is 18.7 Å². The van der Waals surface area contributed by atoms with Gasteiger partial charge >= 0.3 is 6.03 Å². The molecule has 1 aliphatic rings. The van der Waals surface area contributed by atoms with Gasteiger partial charge in [0, 0.05) is 19.6 Å². The van der Waals surface area contributed by atoms with Crippen LogP contribution in [0, 0.1) is 11.6 Å². The number of rotatable bonds is 5. The van der Waals surface area contributed by atoms with Crippen molar-refractivity contribution in [2.24, 2.45) is 0 Å². The number of halogens is 2. The van der Waals surface area contributed by atoms with Crippen LogP contribution in [0.4, 0.5) is 19.3 Å². The molecule has 0 unspecified atom stereocenters. The van der Waals surface area contributed by atoms with Crippen LogP contribution in [0.2, 0.25) is 0 Å². The van der Waals surface area contributed by atoms with Crippen molar-refractivity contribution in [1.29, 1.82) is 0 Å². The number of benzene rings is 2. The minimum Gasteiger partial charge on any atom is -0.379 e. The number of nitrogens with one attached hydrogen (secondary N) is 2. The molecule has 7 heteroatoms. The molecule has 0 radical (unpaired) electrons. The van der Waals surface area contributed by atoms with Gasteiger partial charge in [0.1, 0.15) is 11.6 Å². The fourth-order valence-corrected chi connectivity index (χ4v) is 2.95. The number of carbonyl (C=O) groups excluding carboxylic acids is 1. The maximum absolute atomic E-state index is 13.6. The molecule has 0 aliphatic carbocycles. The molecular formula is C19H21F2N3O2. The summed E-state index contributed by atoms with van der Waals surface area (Å²) in [6.45, 7) is 2.97. The zero-order valence-corrected chi connectivity index (χ0v) is 14.3. The molecule has 26 heavy (non-hydrogen) atoms. The van der Waals surface area contributed by atoms with Crippen molar-refractivity contribution >= 4 is 11.7 Å². The highest BCUT2D eigenvalue weighted by molar-refractivity contribution is 5.89. The van der Waals surface area contributed by atoms with Crippen LogP contribution >= 0.6 is 0 Å². The highest BCUT2D eigenvalue weighted by Gasteiger charge is 2.23. The first-order valence-electron chi connectivity index (χ1n) is 8.50. The van der Waals surface area contributed by atoms with Gasteiger partial charge in [-0.15, -0.1) is 0 Å². The van der Waals surface area contributed by atoms with E-state index in [2.05, 4.69) is 15.5 Å². The molecule has 2 amide bonds. The Balaban J connectivity index is 1.66. The fraction of sp³-hybridized carbons (Fsp3) is 0.316. The van der Waals surface area contributed by atoms with Crippen LogP contribution < -0.4 is 10.6 Å². The van der Waals surface area contributed by atoms with Crippen LogP contribution in [0.5, 0.6) is 0 Å². The van der Waals surface area contributed by atoms with E-state index >= 15 is 0 Å². The second kappa shape index (κ2) is 8.73. The number of amides is 2. The largest absolute Gasteiger partial charge is 0.379 e. The van der Waals surface area contributed by atoms with Gasteiger partial charge in [0.2, 0.25) is 0 Å². The minimum atomic E-state index is -0.495. The van der Waals surface area contributed by atoms with Crippen molar-refractivity contribution in [1.82, 2.24) is 10.2 Å². The Morgan fingerprint density at radius 3 is 2.46 bits per heavy atom. The maximum atomic E-state index is 13.6. The van der Waals surface area contributed by atoms with Crippen molar-refractivity contribution < 1.29 is 18.3 Å². The van der Waals surface area contributed by atoms with E-state index in [0.29, 0.717) is 19.8 Å². The number of para-hydroxylation sites is 1. The third kappa shape index (κ3) is 4.77. The second-order valence-corrected chi connectivity index (χ2v) is 6.03. The monoisotopic (exact) mass is 361 g/mol. The normalized spacial score (nSPS) is 16.1. The van der Waals surface area contributed by atoms with E-state index in [1.165, 1.54) is 24.3 Å². The predicted octanol–water partition coefficient (Wildman–Crippen LogP) is 3.16. The SMILES string of the molecule is O=C(NC[C@@H](c1ccc(F)cc1)N1CCOCC1)Nc1ccccc1F. The van der Waals surface area contributed by atoms with Crippen molar-refractivity contribution in [3.8, 4) is 0 Å². The Hall–Kier alpha value is -2.51. The molecule has 1 heterocycles. The third-order valence-electron chi connectivity index (χ3n) is 4.32. The van der Waals surface area contributed by atoms with Crippen LogP contribution in [0.15, 0.2) is 48.5 Å². The summed E-state index contributed by atoms with van der Waals surface area (Å²) >= 11 is 0. The van der Waals surface area contributed by atoms with Gasteiger partial charge in [0.25, 0.3) is 0 Å². The van der Waals surface area contributed by atoms with Crippen molar-refractivity contribution in [3.05, 3.63) is 65.7 Å². The molecule has 0 saturated carbocycles. The maximum Gasteiger partial charge on any atom is 0.319 e. The van der Waals surface area contributed by atoms with E-state index < -0.39 is 11.8 Å². The van der Waals surface area contributed by atoms with Crippen molar-refractivity contribution in [2.45, 2.75) is 6.04 Å². The van der Waals surface area contributed by atoms with Crippen LogP contribution in [0.3, 0.4) is 0 Å². The number of ether oxygens (including phenoxy) is 1. The zero-order chi connectivity index (χ0) is 18.4. The van der Waals surface area contributed by atoms with E-state index in [1.807, 2.05) is 0 Å². The highest BCUT2D eigenvalue weighted by Crippen LogP contribution is 2.22. The minimum absolute atomic E-state index is 0.120.